The van der Waals surface area contributed by atoms with Crippen LogP contribution in [0.5, 0.6) is 0 Å². The van der Waals surface area contributed by atoms with Gasteiger partial charge in [-0.3, -0.25) is 4.79 Å². The van der Waals surface area contributed by atoms with Crippen LogP contribution in [0.15, 0.2) is 22.7 Å². The second-order valence-electron chi connectivity index (χ2n) is 3.29. The fraction of sp³-hybridized carbons (Fsp3) is 0.273. The molecule has 1 aromatic rings. The van der Waals surface area contributed by atoms with Crippen LogP contribution in [0.1, 0.15) is 15.9 Å². The van der Waals surface area contributed by atoms with Crippen LogP contribution in [0.3, 0.4) is 0 Å². The first-order chi connectivity index (χ1) is 8.04. The maximum absolute atomic E-state index is 10.9. The number of hydrogen-bond acceptors (Lipinski definition) is 4. The normalized spacial score (nSPS) is 10.0. The number of carboxylic acid groups (broad SMARTS) is 1. The summed E-state index contributed by atoms with van der Waals surface area (Å²) >= 11 is 3.28. The summed E-state index contributed by atoms with van der Waals surface area (Å²) in [4.78, 5) is 21.6. The molecule has 0 aliphatic rings. The van der Waals surface area contributed by atoms with Gasteiger partial charge < -0.3 is 15.2 Å². The van der Waals surface area contributed by atoms with Gasteiger partial charge in [-0.15, -0.1) is 0 Å². The third-order valence-electron chi connectivity index (χ3n) is 2.11. The highest BCUT2D eigenvalue weighted by molar-refractivity contribution is 9.10. The van der Waals surface area contributed by atoms with Crippen molar-refractivity contribution >= 4 is 27.9 Å². The SMILES string of the molecule is COC(=O)CNCc1ccc(C(=O)O)cc1Br. The van der Waals surface area contributed by atoms with Crippen LogP contribution in [0, 0.1) is 0 Å². The van der Waals surface area contributed by atoms with E-state index in [0.717, 1.165) is 5.56 Å². The van der Waals surface area contributed by atoms with Crippen molar-refractivity contribution in [3.63, 3.8) is 0 Å². The van der Waals surface area contributed by atoms with Crippen LogP contribution >= 0.6 is 15.9 Å². The van der Waals surface area contributed by atoms with Gasteiger partial charge >= 0.3 is 11.9 Å². The molecule has 2 N–H and O–H groups in total. The summed E-state index contributed by atoms with van der Waals surface area (Å²) < 4.78 is 5.17. The molecule has 0 spiro atoms. The zero-order valence-corrected chi connectivity index (χ0v) is 10.8. The maximum atomic E-state index is 10.9. The second-order valence-corrected chi connectivity index (χ2v) is 4.15. The van der Waals surface area contributed by atoms with Crippen molar-refractivity contribution < 1.29 is 19.4 Å². The van der Waals surface area contributed by atoms with Crippen LogP contribution in [0.25, 0.3) is 0 Å². The molecule has 1 aromatic carbocycles. The van der Waals surface area contributed by atoms with Gasteiger partial charge in [0.2, 0.25) is 0 Å². The van der Waals surface area contributed by atoms with Crippen molar-refractivity contribution in [2.45, 2.75) is 6.54 Å². The Morgan fingerprint density at radius 2 is 2.18 bits per heavy atom. The topological polar surface area (TPSA) is 75.6 Å². The summed E-state index contributed by atoms with van der Waals surface area (Å²) in [5.41, 5.74) is 1.09. The third-order valence-corrected chi connectivity index (χ3v) is 2.85. The lowest BCUT2D eigenvalue weighted by molar-refractivity contribution is -0.139. The van der Waals surface area contributed by atoms with Gasteiger partial charge in [0.1, 0.15) is 0 Å². The molecule has 0 aliphatic heterocycles. The highest BCUT2D eigenvalue weighted by Crippen LogP contribution is 2.18. The van der Waals surface area contributed by atoms with E-state index in [1.807, 2.05) is 0 Å². The Balaban J connectivity index is 2.60. The van der Waals surface area contributed by atoms with Crippen molar-refractivity contribution in [2.75, 3.05) is 13.7 Å². The van der Waals surface area contributed by atoms with Crippen molar-refractivity contribution in [1.29, 1.82) is 0 Å². The highest BCUT2D eigenvalue weighted by atomic mass is 79.9. The molecule has 1 rings (SSSR count). The maximum Gasteiger partial charge on any atom is 0.335 e. The first kappa shape index (κ1) is 13.7. The number of ether oxygens (including phenoxy) is 1. The quantitative estimate of drug-likeness (QED) is 0.804. The van der Waals surface area contributed by atoms with Crippen molar-refractivity contribution in [3.8, 4) is 0 Å². The van der Waals surface area contributed by atoms with Gasteiger partial charge in [-0.1, -0.05) is 22.0 Å². The van der Waals surface area contributed by atoms with Crippen LogP contribution in [0.2, 0.25) is 0 Å². The van der Waals surface area contributed by atoms with E-state index < -0.39 is 5.97 Å². The Morgan fingerprint density at radius 1 is 1.47 bits per heavy atom. The number of methoxy groups -OCH3 is 1. The Morgan fingerprint density at radius 3 is 2.71 bits per heavy atom. The molecule has 0 radical (unpaired) electrons. The van der Waals surface area contributed by atoms with Gasteiger partial charge in [0.05, 0.1) is 19.2 Å². The molecule has 0 heterocycles. The highest BCUT2D eigenvalue weighted by Gasteiger charge is 2.07. The second kappa shape index (κ2) is 6.36. The zero-order valence-electron chi connectivity index (χ0n) is 9.20. The Hall–Kier alpha value is -1.40. The van der Waals surface area contributed by atoms with Crippen molar-refractivity contribution in [2.24, 2.45) is 0 Å². The molecule has 6 heteroatoms. The third kappa shape index (κ3) is 4.16. The van der Waals surface area contributed by atoms with Crippen LogP contribution < -0.4 is 5.32 Å². The van der Waals surface area contributed by atoms with Gasteiger partial charge in [-0.25, -0.2) is 4.79 Å². The van der Waals surface area contributed by atoms with Crippen molar-refractivity contribution in [1.82, 2.24) is 5.32 Å². The molecule has 0 aliphatic carbocycles. The number of carbonyl (C=O) groups is 2. The summed E-state index contributed by atoms with van der Waals surface area (Å²) in [6.45, 7) is 0.569. The number of carboxylic acids is 1. The largest absolute Gasteiger partial charge is 0.478 e. The number of esters is 1. The average Bonchev–Trinajstić information content (AvgIpc) is 2.30. The lowest BCUT2D eigenvalue weighted by Gasteiger charge is -2.06. The molecule has 0 bridgehead atoms. The fourth-order valence-corrected chi connectivity index (χ4v) is 1.71. The number of nitrogens with one attached hydrogen (secondary N) is 1. The molecule has 0 amide bonds. The number of halogens is 1. The van der Waals surface area contributed by atoms with Crippen LogP contribution in [-0.4, -0.2) is 30.7 Å². The molecular weight excluding hydrogens is 290 g/mol. The number of rotatable bonds is 5. The summed E-state index contributed by atoms with van der Waals surface area (Å²) in [6.07, 6.45) is 0. The molecule has 17 heavy (non-hydrogen) atoms. The molecule has 0 saturated heterocycles. The average molecular weight is 302 g/mol. The first-order valence-corrected chi connectivity index (χ1v) is 5.63. The molecule has 0 unspecified atom stereocenters. The predicted octanol–water partition coefficient (Wildman–Crippen LogP) is 1.41. The van der Waals surface area contributed by atoms with Crippen LogP contribution in [0.4, 0.5) is 0 Å². The van der Waals surface area contributed by atoms with E-state index >= 15 is 0 Å². The van der Waals surface area contributed by atoms with Gasteiger partial charge in [0.25, 0.3) is 0 Å². The van der Waals surface area contributed by atoms with Crippen molar-refractivity contribution in [3.05, 3.63) is 33.8 Å². The van der Waals surface area contributed by atoms with E-state index in [4.69, 9.17) is 5.11 Å². The molecule has 0 atom stereocenters. The van der Waals surface area contributed by atoms with E-state index in [9.17, 15) is 9.59 Å². The van der Waals surface area contributed by atoms with Gasteiger partial charge in [-0.05, 0) is 17.7 Å². The fourth-order valence-electron chi connectivity index (χ4n) is 1.20. The Labute approximate surface area is 107 Å². The molecular formula is C11H12BrNO4. The molecule has 0 fully saturated rings. The summed E-state index contributed by atoms with van der Waals surface area (Å²) in [5.74, 6) is -1.32. The van der Waals surface area contributed by atoms with Gasteiger partial charge in [-0.2, -0.15) is 0 Å². The Bertz CT molecular complexity index is 433. The monoisotopic (exact) mass is 301 g/mol. The Kier molecular flexibility index (Phi) is 5.11. The van der Waals surface area contributed by atoms with E-state index in [2.05, 4.69) is 26.0 Å². The standard InChI is InChI=1S/C11H12BrNO4/c1-17-10(14)6-13-5-8-3-2-7(11(15)16)4-9(8)12/h2-4,13H,5-6H2,1H3,(H,15,16). The molecule has 92 valence electrons. The van der Waals surface area contributed by atoms with E-state index in [-0.39, 0.29) is 18.1 Å². The number of aromatic carboxylic acids is 1. The minimum Gasteiger partial charge on any atom is -0.478 e. The van der Waals surface area contributed by atoms with E-state index in [1.165, 1.54) is 19.2 Å². The minimum atomic E-state index is -0.972. The first-order valence-electron chi connectivity index (χ1n) is 4.84. The number of benzene rings is 1. The lowest BCUT2D eigenvalue weighted by Crippen LogP contribution is -2.23. The molecule has 5 nitrogen and oxygen atoms in total. The van der Waals surface area contributed by atoms with E-state index in [0.29, 0.717) is 11.0 Å². The molecule has 0 saturated carbocycles. The predicted molar refractivity (Wildman–Crippen MR) is 64.8 cm³/mol. The lowest BCUT2D eigenvalue weighted by atomic mass is 10.1. The van der Waals surface area contributed by atoms with Gasteiger partial charge in [0, 0.05) is 11.0 Å². The number of hydrogen-bond donors (Lipinski definition) is 2. The summed E-state index contributed by atoms with van der Waals surface area (Å²) in [7, 11) is 1.32. The van der Waals surface area contributed by atoms with E-state index in [1.54, 1.807) is 6.07 Å². The smallest absolute Gasteiger partial charge is 0.335 e. The van der Waals surface area contributed by atoms with Gasteiger partial charge in [0.15, 0.2) is 0 Å². The minimum absolute atomic E-state index is 0.115. The summed E-state index contributed by atoms with van der Waals surface area (Å²) in [6, 6.07) is 4.73. The van der Waals surface area contributed by atoms with Crippen LogP contribution in [-0.2, 0) is 16.1 Å². The summed E-state index contributed by atoms with van der Waals surface area (Å²) in [5, 5.41) is 11.7. The number of carbonyl (C=O) groups excluding carboxylic acids is 1. The zero-order chi connectivity index (χ0) is 12.8. The molecule has 0 aromatic heterocycles.